The molecule has 3 aromatic rings. The molecule has 40 heavy (non-hydrogen) atoms. The van der Waals surface area contributed by atoms with Gasteiger partial charge < -0.3 is 19.4 Å². The molecular formula is C28H30Cl2N5O5+. The monoisotopic (exact) mass is 586 g/mol. The third-order valence-electron chi connectivity index (χ3n) is 8.78. The van der Waals surface area contributed by atoms with E-state index in [1.54, 1.807) is 18.2 Å². The summed E-state index contributed by atoms with van der Waals surface area (Å²) in [5.41, 5.74) is 2.73. The summed E-state index contributed by atoms with van der Waals surface area (Å²) in [6.07, 6.45) is 6.62. The number of aromatic nitrogens is 2. The summed E-state index contributed by atoms with van der Waals surface area (Å²) in [7, 11) is 0. The van der Waals surface area contributed by atoms with Gasteiger partial charge in [-0.3, -0.25) is 9.78 Å². The lowest BCUT2D eigenvalue weighted by atomic mass is 9.71. The van der Waals surface area contributed by atoms with E-state index in [9.17, 15) is 14.7 Å². The first-order valence-corrected chi connectivity index (χ1v) is 14.2. The van der Waals surface area contributed by atoms with Gasteiger partial charge in [0.1, 0.15) is 6.54 Å². The molecule has 2 aromatic heterocycles. The number of halogens is 2. The van der Waals surface area contributed by atoms with Crippen LogP contribution >= 0.6 is 23.2 Å². The van der Waals surface area contributed by atoms with Crippen LogP contribution in [0.1, 0.15) is 47.5 Å². The molecule has 1 amide bonds. The van der Waals surface area contributed by atoms with Crippen LogP contribution < -0.4 is 9.55 Å². The topological polar surface area (TPSA) is 109 Å². The van der Waals surface area contributed by atoms with Gasteiger partial charge in [0.05, 0.1) is 22.0 Å². The number of pyridine rings is 1. The van der Waals surface area contributed by atoms with Gasteiger partial charge in [-0.2, -0.15) is 4.79 Å². The second-order valence-corrected chi connectivity index (χ2v) is 11.7. The zero-order chi connectivity index (χ0) is 27.9. The molecule has 2 saturated heterocycles. The van der Waals surface area contributed by atoms with Gasteiger partial charge in [-0.05, 0) is 49.3 Å². The van der Waals surface area contributed by atoms with Crippen molar-refractivity contribution >= 4 is 46.6 Å². The Hall–Kier alpha value is -3.34. The predicted octanol–water partition coefficient (Wildman–Crippen LogP) is 5.57. The van der Waals surface area contributed by atoms with Crippen molar-refractivity contribution in [1.29, 1.82) is 0 Å². The SMILES string of the molecule is O=C(O)O[N+]1(c2ccc(Cl)c(Cl)c2)CCc2onc(C(=O)N3CCC4(CC3)CCN(c3ccncc3)CC4)c2C1. The van der Waals surface area contributed by atoms with E-state index in [0.717, 1.165) is 38.8 Å². The van der Waals surface area contributed by atoms with Crippen LogP contribution in [-0.4, -0.2) is 64.9 Å². The lowest BCUT2D eigenvalue weighted by Gasteiger charge is -2.47. The average molecular weight is 587 g/mol. The van der Waals surface area contributed by atoms with Gasteiger partial charge in [-0.25, -0.2) is 4.84 Å². The Kier molecular flexibility index (Phi) is 7.10. The van der Waals surface area contributed by atoms with Gasteiger partial charge in [0.25, 0.3) is 5.91 Å². The van der Waals surface area contributed by atoms with Crippen LogP contribution in [0, 0.1) is 5.41 Å². The van der Waals surface area contributed by atoms with Gasteiger partial charge in [-0.15, -0.1) is 0 Å². The molecule has 1 aromatic carbocycles. The Morgan fingerprint density at radius 2 is 1.70 bits per heavy atom. The standard InChI is InChI=1S/C28H29Cl2N5O5/c29-22-2-1-20(17-23(22)30)35(40-27(37)38)16-5-24-21(18-35)25(32-39-24)26(36)34-14-8-28(9-15-34)6-12-33(13-7-28)19-3-10-31-11-4-19/h1-4,10-11,17H,5-9,12-16,18H2/p+1. The predicted molar refractivity (Wildman–Crippen MR) is 149 cm³/mol. The molecule has 3 aliphatic heterocycles. The van der Waals surface area contributed by atoms with Crippen molar-refractivity contribution in [2.45, 2.75) is 38.6 Å². The average Bonchev–Trinajstić information content (AvgIpc) is 3.38. The number of nitrogens with zero attached hydrogens (tertiary/aromatic N) is 5. The molecule has 0 bridgehead atoms. The fraction of sp³-hybridized carbons (Fsp3) is 0.429. The van der Waals surface area contributed by atoms with Crippen molar-refractivity contribution in [3.05, 3.63) is 69.8 Å². The fourth-order valence-corrected chi connectivity index (χ4v) is 6.65. The van der Waals surface area contributed by atoms with Crippen LogP contribution in [0.25, 0.3) is 0 Å². The summed E-state index contributed by atoms with van der Waals surface area (Å²) in [4.78, 5) is 39.2. The van der Waals surface area contributed by atoms with Gasteiger partial charge in [0.2, 0.25) is 0 Å². The van der Waals surface area contributed by atoms with Crippen LogP contribution in [-0.2, 0) is 17.8 Å². The number of fused-ring (bicyclic) bond motifs is 1. The minimum atomic E-state index is -1.44. The summed E-state index contributed by atoms with van der Waals surface area (Å²) in [6.45, 7) is 3.61. The number of hydrogen-bond acceptors (Lipinski definition) is 7. The molecular weight excluding hydrogens is 557 g/mol. The lowest BCUT2D eigenvalue weighted by molar-refractivity contribution is -0.121. The number of carbonyl (C=O) groups is 2. The number of quaternary nitrogens is 1. The number of anilines is 1. The summed E-state index contributed by atoms with van der Waals surface area (Å²) >= 11 is 12.4. The van der Waals surface area contributed by atoms with Crippen molar-refractivity contribution in [3.63, 3.8) is 0 Å². The van der Waals surface area contributed by atoms with Crippen molar-refractivity contribution in [3.8, 4) is 0 Å². The first-order chi connectivity index (χ1) is 19.3. The maximum absolute atomic E-state index is 13.7. The zero-order valence-electron chi connectivity index (χ0n) is 21.9. The number of hydrogen-bond donors (Lipinski definition) is 1. The van der Waals surface area contributed by atoms with E-state index >= 15 is 0 Å². The summed E-state index contributed by atoms with van der Waals surface area (Å²) in [5.74, 6) is 0.377. The number of rotatable bonds is 4. The molecule has 12 heteroatoms. The van der Waals surface area contributed by atoms with Gasteiger partial charge in [0, 0.05) is 56.4 Å². The Bertz CT molecular complexity index is 1420. The maximum atomic E-state index is 13.7. The number of piperidine rings is 2. The van der Waals surface area contributed by atoms with Crippen LogP contribution in [0.3, 0.4) is 0 Å². The number of amides is 1. The Labute approximate surface area is 241 Å². The third-order valence-corrected chi connectivity index (χ3v) is 9.51. The minimum absolute atomic E-state index is 0.0623. The third kappa shape index (κ3) is 5.00. The van der Waals surface area contributed by atoms with E-state index < -0.39 is 10.8 Å². The van der Waals surface area contributed by atoms with Crippen molar-refractivity contribution in [1.82, 2.24) is 19.7 Å². The van der Waals surface area contributed by atoms with E-state index in [1.165, 1.54) is 5.69 Å². The van der Waals surface area contributed by atoms with E-state index in [4.69, 9.17) is 32.6 Å². The Balaban J connectivity index is 1.16. The molecule has 0 radical (unpaired) electrons. The Morgan fingerprint density at radius 3 is 2.38 bits per heavy atom. The number of likely N-dealkylation sites (tertiary alicyclic amines) is 1. The van der Waals surface area contributed by atoms with E-state index in [2.05, 4.69) is 15.0 Å². The Morgan fingerprint density at radius 1 is 1.00 bits per heavy atom. The summed E-state index contributed by atoms with van der Waals surface area (Å²) < 4.78 is 5.18. The lowest BCUT2D eigenvalue weighted by Crippen LogP contribution is -2.53. The molecule has 210 valence electrons. The summed E-state index contributed by atoms with van der Waals surface area (Å²) in [5, 5.41) is 14.4. The fourth-order valence-electron chi connectivity index (χ4n) is 6.35. The molecule has 10 nitrogen and oxygen atoms in total. The molecule has 0 saturated carbocycles. The van der Waals surface area contributed by atoms with Crippen LogP contribution in [0.15, 0.2) is 47.2 Å². The molecule has 1 N–H and O–H groups in total. The minimum Gasteiger partial charge on any atom is -0.446 e. The second-order valence-electron chi connectivity index (χ2n) is 10.9. The van der Waals surface area contributed by atoms with Crippen LogP contribution in [0.2, 0.25) is 10.0 Å². The molecule has 1 atom stereocenters. The second kappa shape index (κ2) is 10.6. The molecule has 6 rings (SSSR count). The molecule has 1 unspecified atom stereocenters. The van der Waals surface area contributed by atoms with Crippen LogP contribution in [0.4, 0.5) is 16.2 Å². The first-order valence-electron chi connectivity index (χ1n) is 13.4. The van der Waals surface area contributed by atoms with Crippen LogP contribution in [0.5, 0.6) is 0 Å². The highest BCUT2D eigenvalue weighted by atomic mass is 35.5. The van der Waals surface area contributed by atoms with Crippen molar-refractivity contribution < 1.29 is 24.1 Å². The number of benzene rings is 1. The van der Waals surface area contributed by atoms with E-state index in [0.29, 0.717) is 41.5 Å². The quantitative estimate of drug-likeness (QED) is 0.395. The smallest absolute Gasteiger partial charge is 0.446 e. The number of carboxylic acid groups (broad SMARTS) is 1. The van der Waals surface area contributed by atoms with Gasteiger partial charge in [0.15, 0.2) is 23.7 Å². The summed E-state index contributed by atoms with van der Waals surface area (Å²) in [6, 6.07) is 8.98. The highest BCUT2D eigenvalue weighted by molar-refractivity contribution is 6.42. The normalized spacial score (nSPS) is 22.1. The number of carbonyl (C=O) groups excluding carboxylic acids is 1. The van der Waals surface area contributed by atoms with Gasteiger partial charge >= 0.3 is 6.16 Å². The largest absolute Gasteiger partial charge is 0.557 e. The maximum Gasteiger partial charge on any atom is 0.557 e. The number of hydroxylamine groups is 2. The van der Waals surface area contributed by atoms with E-state index in [1.807, 2.05) is 29.4 Å². The van der Waals surface area contributed by atoms with E-state index in [-0.39, 0.29) is 35.1 Å². The molecule has 5 heterocycles. The molecule has 0 aliphatic carbocycles. The molecule has 1 spiro atoms. The first kappa shape index (κ1) is 26.9. The zero-order valence-corrected chi connectivity index (χ0v) is 23.4. The molecule has 3 aliphatic rings. The van der Waals surface area contributed by atoms with Crippen molar-refractivity contribution in [2.24, 2.45) is 5.41 Å². The highest BCUT2D eigenvalue weighted by Crippen LogP contribution is 2.43. The molecule has 2 fully saturated rings. The van der Waals surface area contributed by atoms with Crippen molar-refractivity contribution in [2.75, 3.05) is 37.6 Å². The highest BCUT2D eigenvalue weighted by Gasteiger charge is 2.46. The van der Waals surface area contributed by atoms with Gasteiger partial charge in [-0.1, -0.05) is 33.0 Å².